The molecule has 0 radical (unpaired) electrons. The van der Waals surface area contributed by atoms with Crippen molar-refractivity contribution in [3.8, 4) is 11.5 Å². The van der Waals surface area contributed by atoms with Crippen molar-refractivity contribution in [3.63, 3.8) is 0 Å². The second-order valence-electron chi connectivity index (χ2n) is 5.39. The predicted molar refractivity (Wildman–Crippen MR) is 82.4 cm³/mol. The van der Waals surface area contributed by atoms with Crippen LogP contribution in [-0.4, -0.2) is 17.9 Å². The molecule has 0 fully saturated rings. The molecule has 3 rings (SSSR count). The van der Waals surface area contributed by atoms with Crippen molar-refractivity contribution < 1.29 is 9.53 Å². The number of ether oxygens (including phenoxy) is 1. The average Bonchev–Trinajstić information content (AvgIpc) is 2.41. The lowest BCUT2D eigenvalue weighted by Crippen LogP contribution is -2.20. The minimum atomic E-state index is -0.0691. The number of anilines is 1. The number of amides is 1. The van der Waals surface area contributed by atoms with Crippen LogP contribution in [-0.2, 0) is 17.9 Å². The van der Waals surface area contributed by atoms with Crippen molar-refractivity contribution >= 4 is 11.6 Å². The summed E-state index contributed by atoms with van der Waals surface area (Å²) in [6.45, 7) is 3.12. The van der Waals surface area contributed by atoms with Gasteiger partial charge in [0, 0.05) is 36.8 Å². The van der Waals surface area contributed by atoms with E-state index in [0.29, 0.717) is 0 Å². The minimum absolute atomic E-state index is 0.0691. The summed E-state index contributed by atoms with van der Waals surface area (Å²) in [5, 5.41) is 2.81. The fraction of sp³-hybridized carbons (Fsp3) is 0.235. The normalized spacial score (nSPS) is 14.2. The molecule has 1 heterocycles. The van der Waals surface area contributed by atoms with Gasteiger partial charge in [-0.05, 0) is 31.3 Å². The lowest BCUT2D eigenvalue weighted by molar-refractivity contribution is -0.114. The monoisotopic (exact) mass is 282 g/mol. The summed E-state index contributed by atoms with van der Waals surface area (Å²) in [5.74, 6) is 1.65. The average molecular weight is 282 g/mol. The number of hydrogen-bond acceptors (Lipinski definition) is 3. The van der Waals surface area contributed by atoms with Gasteiger partial charge in [0.2, 0.25) is 5.91 Å². The number of fused-ring (bicyclic) bond motifs is 2. The van der Waals surface area contributed by atoms with Crippen LogP contribution in [0.1, 0.15) is 18.1 Å². The molecule has 1 N–H and O–H groups in total. The van der Waals surface area contributed by atoms with Crippen molar-refractivity contribution in [1.29, 1.82) is 0 Å². The first-order valence-electron chi connectivity index (χ1n) is 6.96. The minimum Gasteiger partial charge on any atom is -0.457 e. The molecule has 0 unspecified atom stereocenters. The first-order valence-corrected chi connectivity index (χ1v) is 6.96. The van der Waals surface area contributed by atoms with Gasteiger partial charge in [0.15, 0.2) is 0 Å². The summed E-state index contributed by atoms with van der Waals surface area (Å²) >= 11 is 0. The second kappa shape index (κ2) is 5.58. The van der Waals surface area contributed by atoms with Crippen LogP contribution in [0.15, 0.2) is 42.5 Å². The molecule has 0 aromatic heterocycles. The molecule has 108 valence electrons. The van der Waals surface area contributed by atoms with Crippen molar-refractivity contribution in [2.24, 2.45) is 0 Å². The Morgan fingerprint density at radius 1 is 1.10 bits per heavy atom. The van der Waals surface area contributed by atoms with E-state index in [1.54, 1.807) is 0 Å². The van der Waals surface area contributed by atoms with Crippen LogP contribution >= 0.6 is 0 Å². The molecule has 4 nitrogen and oxygen atoms in total. The quantitative estimate of drug-likeness (QED) is 0.871. The largest absolute Gasteiger partial charge is 0.457 e. The molecule has 0 saturated heterocycles. The van der Waals surface area contributed by atoms with Gasteiger partial charge in [0.05, 0.1) is 0 Å². The Morgan fingerprint density at radius 2 is 1.81 bits per heavy atom. The van der Waals surface area contributed by atoms with E-state index in [-0.39, 0.29) is 5.91 Å². The molecule has 0 saturated carbocycles. The molecule has 0 spiro atoms. The predicted octanol–water partition coefficient (Wildman–Crippen LogP) is 3.38. The first kappa shape index (κ1) is 13.6. The van der Waals surface area contributed by atoms with Crippen molar-refractivity contribution in [2.75, 3.05) is 12.4 Å². The van der Waals surface area contributed by atoms with E-state index in [9.17, 15) is 4.79 Å². The van der Waals surface area contributed by atoms with E-state index in [1.807, 2.05) is 36.4 Å². The fourth-order valence-corrected chi connectivity index (χ4v) is 2.57. The molecule has 2 aromatic rings. The van der Waals surface area contributed by atoms with Gasteiger partial charge in [0.25, 0.3) is 0 Å². The van der Waals surface area contributed by atoms with Gasteiger partial charge in [-0.3, -0.25) is 9.69 Å². The Morgan fingerprint density at radius 3 is 2.62 bits per heavy atom. The fourth-order valence-electron chi connectivity index (χ4n) is 2.57. The van der Waals surface area contributed by atoms with Crippen molar-refractivity contribution in [1.82, 2.24) is 4.90 Å². The zero-order valence-corrected chi connectivity index (χ0v) is 12.2. The summed E-state index contributed by atoms with van der Waals surface area (Å²) < 4.78 is 6.05. The third-order valence-corrected chi connectivity index (χ3v) is 3.45. The molecule has 2 aromatic carbocycles. The van der Waals surface area contributed by atoms with Gasteiger partial charge in [-0.15, -0.1) is 0 Å². The van der Waals surface area contributed by atoms with Crippen LogP contribution in [0, 0.1) is 0 Å². The lowest BCUT2D eigenvalue weighted by Gasteiger charge is -2.24. The molecular weight excluding hydrogens is 264 g/mol. The lowest BCUT2D eigenvalue weighted by atomic mass is 10.1. The maximum absolute atomic E-state index is 11.2. The van der Waals surface area contributed by atoms with Gasteiger partial charge >= 0.3 is 0 Å². The summed E-state index contributed by atoms with van der Waals surface area (Å²) in [6.07, 6.45) is 0. The number of carbonyl (C=O) groups is 1. The highest BCUT2D eigenvalue weighted by Crippen LogP contribution is 2.33. The second-order valence-corrected chi connectivity index (χ2v) is 5.39. The number of benzene rings is 2. The molecule has 0 aliphatic carbocycles. The number of nitrogens with zero attached hydrogens (tertiary/aromatic N) is 1. The van der Waals surface area contributed by atoms with Crippen LogP contribution in [0.25, 0.3) is 0 Å². The van der Waals surface area contributed by atoms with Gasteiger partial charge in [-0.2, -0.15) is 0 Å². The maximum atomic E-state index is 11.2. The molecular formula is C17H18N2O2. The summed E-state index contributed by atoms with van der Waals surface area (Å²) in [4.78, 5) is 13.4. The van der Waals surface area contributed by atoms with E-state index in [2.05, 4.69) is 23.3 Å². The summed E-state index contributed by atoms with van der Waals surface area (Å²) in [5.41, 5.74) is 3.04. The standard InChI is InChI=1S/C17H18N2O2/c1-12(20)18-15-7-8-17-14(9-15)11-19(2)10-13-5-3-4-6-16(13)21-17/h3-9H,10-11H2,1-2H3,(H,18,20). The molecule has 1 amide bonds. The Labute approximate surface area is 124 Å². The van der Waals surface area contributed by atoms with Crippen LogP contribution in [0.2, 0.25) is 0 Å². The number of carbonyl (C=O) groups excluding carboxylic acids is 1. The van der Waals surface area contributed by atoms with E-state index in [0.717, 1.165) is 35.8 Å². The maximum Gasteiger partial charge on any atom is 0.221 e. The van der Waals surface area contributed by atoms with Crippen LogP contribution in [0.3, 0.4) is 0 Å². The number of para-hydroxylation sites is 1. The van der Waals surface area contributed by atoms with Crippen LogP contribution in [0.5, 0.6) is 11.5 Å². The Bertz CT molecular complexity index is 682. The zero-order valence-electron chi connectivity index (χ0n) is 12.2. The van der Waals surface area contributed by atoms with E-state index in [4.69, 9.17) is 4.74 Å². The highest BCUT2D eigenvalue weighted by atomic mass is 16.5. The van der Waals surface area contributed by atoms with Crippen LogP contribution < -0.4 is 10.1 Å². The van der Waals surface area contributed by atoms with E-state index < -0.39 is 0 Å². The highest BCUT2D eigenvalue weighted by Gasteiger charge is 2.16. The summed E-state index contributed by atoms with van der Waals surface area (Å²) in [7, 11) is 2.08. The molecule has 0 bridgehead atoms. The van der Waals surface area contributed by atoms with Crippen LogP contribution in [0.4, 0.5) is 5.69 Å². The van der Waals surface area contributed by atoms with Crippen molar-refractivity contribution in [2.45, 2.75) is 20.0 Å². The number of nitrogens with one attached hydrogen (secondary N) is 1. The SMILES string of the molecule is CC(=O)Nc1ccc2c(c1)CN(C)Cc1ccccc1O2. The third-order valence-electron chi connectivity index (χ3n) is 3.45. The number of rotatable bonds is 1. The Balaban J connectivity index is 1.99. The van der Waals surface area contributed by atoms with Gasteiger partial charge in [0.1, 0.15) is 11.5 Å². The zero-order chi connectivity index (χ0) is 14.8. The van der Waals surface area contributed by atoms with E-state index in [1.165, 1.54) is 12.5 Å². The summed E-state index contributed by atoms with van der Waals surface area (Å²) in [6, 6.07) is 13.8. The molecule has 1 aliphatic rings. The molecule has 1 aliphatic heterocycles. The first-order chi connectivity index (χ1) is 10.1. The van der Waals surface area contributed by atoms with Gasteiger partial charge in [-0.1, -0.05) is 18.2 Å². The Kier molecular flexibility index (Phi) is 3.62. The molecule has 0 atom stereocenters. The smallest absolute Gasteiger partial charge is 0.221 e. The van der Waals surface area contributed by atoms with Gasteiger partial charge in [-0.25, -0.2) is 0 Å². The highest BCUT2D eigenvalue weighted by molar-refractivity contribution is 5.88. The molecule has 21 heavy (non-hydrogen) atoms. The molecule has 4 heteroatoms. The third kappa shape index (κ3) is 3.06. The number of hydrogen-bond donors (Lipinski definition) is 1. The Hall–Kier alpha value is -2.33. The topological polar surface area (TPSA) is 41.6 Å². The van der Waals surface area contributed by atoms with Crippen molar-refractivity contribution in [3.05, 3.63) is 53.6 Å². The van der Waals surface area contributed by atoms with Gasteiger partial charge < -0.3 is 10.1 Å². The van der Waals surface area contributed by atoms with E-state index >= 15 is 0 Å².